The molecule has 1 aliphatic rings. The smallest absolute Gasteiger partial charge is 0.227 e. The number of hydrogen-bond donors (Lipinski definition) is 1. The van der Waals surface area contributed by atoms with Crippen molar-refractivity contribution in [2.24, 2.45) is 0 Å². The number of rotatable bonds is 7. The quantitative estimate of drug-likeness (QED) is 0.608. The van der Waals surface area contributed by atoms with E-state index in [1.165, 1.54) is 0 Å². The van der Waals surface area contributed by atoms with Crippen LogP contribution in [0.5, 0.6) is 0 Å². The van der Waals surface area contributed by atoms with Gasteiger partial charge in [-0.3, -0.25) is 0 Å². The summed E-state index contributed by atoms with van der Waals surface area (Å²) in [6.45, 7) is 7.48. The average Bonchev–Trinajstić information content (AvgIpc) is 3.17. The zero-order chi connectivity index (χ0) is 22.0. The van der Waals surface area contributed by atoms with Crippen LogP contribution in [-0.4, -0.2) is 62.1 Å². The third-order valence-electron chi connectivity index (χ3n) is 5.19. The fourth-order valence-electron chi connectivity index (χ4n) is 3.87. The van der Waals surface area contributed by atoms with E-state index in [1.807, 2.05) is 37.4 Å². The van der Waals surface area contributed by atoms with Gasteiger partial charge in [-0.1, -0.05) is 0 Å². The third kappa shape index (κ3) is 4.75. The monoisotopic (exact) mass is 426 g/mol. The van der Waals surface area contributed by atoms with E-state index < -0.39 is 0 Å². The van der Waals surface area contributed by atoms with Crippen molar-refractivity contribution in [3.63, 3.8) is 0 Å². The highest BCUT2D eigenvalue weighted by Crippen LogP contribution is 2.31. The van der Waals surface area contributed by atoms with Crippen molar-refractivity contribution >= 4 is 22.9 Å². The lowest BCUT2D eigenvalue weighted by Crippen LogP contribution is -2.32. The van der Waals surface area contributed by atoms with Gasteiger partial charge in [-0.15, -0.1) is 0 Å². The Labute approximate surface area is 181 Å². The van der Waals surface area contributed by atoms with Gasteiger partial charge in [0.2, 0.25) is 11.9 Å². The van der Waals surface area contributed by atoms with Gasteiger partial charge in [-0.25, -0.2) is 19.6 Å². The fraction of sp³-hybridized carbons (Fsp3) is 0.571. The maximum absolute atomic E-state index is 5.97. The van der Waals surface area contributed by atoms with Gasteiger partial charge in [-0.05, 0) is 40.0 Å². The van der Waals surface area contributed by atoms with Crippen molar-refractivity contribution in [1.82, 2.24) is 29.7 Å². The van der Waals surface area contributed by atoms with E-state index in [1.54, 1.807) is 18.6 Å². The van der Waals surface area contributed by atoms with Gasteiger partial charge in [0, 0.05) is 38.2 Å². The van der Waals surface area contributed by atoms with Crippen molar-refractivity contribution < 1.29 is 9.47 Å². The zero-order valence-electron chi connectivity index (χ0n) is 18.5. The summed E-state index contributed by atoms with van der Waals surface area (Å²) in [5, 5.41) is 5.43. The minimum absolute atomic E-state index is 0.0270. The number of nitrogen functional groups attached to an aromatic ring is 1. The third-order valence-corrected chi connectivity index (χ3v) is 5.19. The second-order valence-electron chi connectivity index (χ2n) is 8.23. The Morgan fingerprint density at radius 2 is 1.97 bits per heavy atom. The van der Waals surface area contributed by atoms with Crippen molar-refractivity contribution in [2.45, 2.75) is 58.5 Å². The van der Waals surface area contributed by atoms with Crippen molar-refractivity contribution in [1.29, 1.82) is 0 Å². The van der Waals surface area contributed by atoms with Crippen LogP contribution in [0.4, 0.5) is 11.9 Å². The lowest BCUT2D eigenvalue weighted by Gasteiger charge is -2.25. The molecule has 1 saturated heterocycles. The van der Waals surface area contributed by atoms with Crippen LogP contribution in [0.3, 0.4) is 0 Å². The van der Waals surface area contributed by atoms with E-state index in [0.717, 1.165) is 42.5 Å². The first-order valence-electron chi connectivity index (χ1n) is 10.7. The molecule has 1 fully saturated rings. The molecule has 2 atom stereocenters. The molecule has 0 aromatic carbocycles. The molecular formula is C21H30N8O2. The maximum Gasteiger partial charge on any atom is 0.227 e. The van der Waals surface area contributed by atoms with E-state index >= 15 is 0 Å². The Kier molecular flexibility index (Phi) is 6.28. The molecule has 10 heteroatoms. The molecule has 166 valence electrons. The molecular weight excluding hydrogens is 396 g/mol. The number of anilines is 2. The van der Waals surface area contributed by atoms with Crippen molar-refractivity contribution in [3.05, 3.63) is 18.6 Å². The van der Waals surface area contributed by atoms with Gasteiger partial charge >= 0.3 is 0 Å². The molecule has 10 nitrogen and oxygen atoms in total. The van der Waals surface area contributed by atoms with Crippen LogP contribution in [0.2, 0.25) is 0 Å². The Morgan fingerprint density at radius 3 is 2.65 bits per heavy atom. The molecule has 31 heavy (non-hydrogen) atoms. The topological polar surface area (TPSA) is 117 Å². The first-order valence-corrected chi connectivity index (χ1v) is 10.7. The highest BCUT2D eigenvalue weighted by atomic mass is 16.5. The highest BCUT2D eigenvalue weighted by Gasteiger charge is 2.23. The summed E-state index contributed by atoms with van der Waals surface area (Å²) < 4.78 is 13.7. The summed E-state index contributed by atoms with van der Waals surface area (Å²) in [6, 6.07) is 0. The summed E-state index contributed by atoms with van der Waals surface area (Å²) in [6.07, 6.45) is 8.27. The van der Waals surface area contributed by atoms with Gasteiger partial charge in [-0.2, -0.15) is 10.1 Å². The number of nitrogens with zero attached hydrogens (tertiary/aromatic N) is 7. The standard InChI is InChI=1S/C21H30N8O2/c1-13(2)31-14(3)12-28(4)21-26-18(15-9-23-20(22)24-10-15)16-11-25-29(19(16)27-21)17-7-5-6-8-30-17/h9-11,13-14,17H,5-8,12H2,1-4H3,(H2,22,23,24). The molecule has 0 bridgehead atoms. The maximum atomic E-state index is 5.97. The predicted octanol–water partition coefficient (Wildman–Crippen LogP) is 2.81. The number of hydrogen-bond acceptors (Lipinski definition) is 9. The molecule has 0 amide bonds. The van der Waals surface area contributed by atoms with E-state index in [0.29, 0.717) is 18.2 Å². The van der Waals surface area contributed by atoms with Gasteiger partial charge in [0.1, 0.15) is 0 Å². The van der Waals surface area contributed by atoms with Crippen LogP contribution in [0.15, 0.2) is 18.6 Å². The summed E-state index contributed by atoms with van der Waals surface area (Å²) in [5.41, 5.74) is 7.88. The Hall–Kier alpha value is -2.85. The molecule has 3 aromatic rings. The zero-order valence-corrected chi connectivity index (χ0v) is 18.5. The molecule has 1 aliphatic heterocycles. The molecule has 4 heterocycles. The van der Waals surface area contributed by atoms with Crippen LogP contribution >= 0.6 is 0 Å². The number of likely N-dealkylation sites (N-methyl/N-ethyl adjacent to an activating group) is 1. The fourth-order valence-corrected chi connectivity index (χ4v) is 3.87. The molecule has 0 spiro atoms. The number of aromatic nitrogens is 6. The first-order chi connectivity index (χ1) is 14.9. The van der Waals surface area contributed by atoms with Crippen molar-refractivity contribution in [3.8, 4) is 11.3 Å². The second kappa shape index (κ2) is 9.11. The predicted molar refractivity (Wildman–Crippen MR) is 119 cm³/mol. The van der Waals surface area contributed by atoms with Gasteiger partial charge < -0.3 is 20.1 Å². The van der Waals surface area contributed by atoms with Crippen LogP contribution in [0, 0.1) is 0 Å². The average molecular weight is 427 g/mol. The Bertz CT molecular complexity index is 1010. The Balaban J connectivity index is 1.77. The summed E-state index contributed by atoms with van der Waals surface area (Å²) >= 11 is 0. The van der Waals surface area contributed by atoms with Crippen LogP contribution < -0.4 is 10.6 Å². The highest BCUT2D eigenvalue weighted by molar-refractivity contribution is 5.90. The molecule has 2 unspecified atom stereocenters. The van der Waals surface area contributed by atoms with E-state index in [2.05, 4.69) is 15.1 Å². The molecule has 0 aliphatic carbocycles. The van der Waals surface area contributed by atoms with Crippen LogP contribution in [0.1, 0.15) is 46.3 Å². The first kappa shape index (κ1) is 21.4. The largest absolute Gasteiger partial charge is 0.374 e. The second-order valence-corrected chi connectivity index (χ2v) is 8.23. The molecule has 2 N–H and O–H groups in total. The lowest BCUT2D eigenvalue weighted by molar-refractivity contribution is -0.0370. The summed E-state index contributed by atoms with van der Waals surface area (Å²) in [7, 11) is 1.96. The number of fused-ring (bicyclic) bond motifs is 1. The lowest BCUT2D eigenvalue weighted by atomic mass is 10.1. The normalized spacial score (nSPS) is 17.9. The molecule has 3 aromatic heterocycles. The van der Waals surface area contributed by atoms with Crippen molar-refractivity contribution in [2.75, 3.05) is 30.8 Å². The van der Waals surface area contributed by atoms with Gasteiger partial charge in [0.05, 0.1) is 29.5 Å². The van der Waals surface area contributed by atoms with E-state index in [9.17, 15) is 0 Å². The molecule has 0 radical (unpaired) electrons. The minimum Gasteiger partial charge on any atom is -0.374 e. The van der Waals surface area contributed by atoms with E-state index in [-0.39, 0.29) is 24.4 Å². The van der Waals surface area contributed by atoms with Gasteiger partial charge in [0.15, 0.2) is 11.9 Å². The summed E-state index contributed by atoms with van der Waals surface area (Å²) in [5.74, 6) is 0.799. The van der Waals surface area contributed by atoms with Crippen LogP contribution in [0.25, 0.3) is 22.3 Å². The number of nitrogens with two attached hydrogens (primary N) is 1. The number of ether oxygens (including phenoxy) is 2. The molecule has 4 rings (SSSR count). The minimum atomic E-state index is -0.127. The summed E-state index contributed by atoms with van der Waals surface area (Å²) in [4.78, 5) is 20.0. The van der Waals surface area contributed by atoms with Gasteiger partial charge in [0.25, 0.3) is 0 Å². The van der Waals surface area contributed by atoms with E-state index in [4.69, 9.17) is 25.2 Å². The SMILES string of the molecule is CC(C)OC(C)CN(C)c1nc(-c2cnc(N)nc2)c2cnn(C3CCCCO3)c2n1. The Morgan fingerprint density at radius 1 is 1.19 bits per heavy atom. The van der Waals surface area contributed by atoms with Crippen LogP contribution in [-0.2, 0) is 9.47 Å². The molecule has 0 saturated carbocycles.